The van der Waals surface area contributed by atoms with Crippen molar-refractivity contribution >= 4 is 22.8 Å². The van der Waals surface area contributed by atoms with E-state index in [2.05, 4.69) is 37.7 Å². The molecule has 19 heavy (non-hydrogen) atoms. The van der Waals surface area contributed by atoms with Crippen LogP contribution in [0.1, 0.15) is 33.1 Å². The van der Waals surface area contributed by atoms with Crippen LogP contribution < -0.4 is 10.6 Å². The zero-order chi connectivity index (χ0) is 13.3. The molecule has 0 saturated heterocycles. The molecule has 3 N–H and O–H groups in total. The molecule has 2 aromatic heterocycles. The first-order valence-electron chi connectivity index (χ1n) is 6.95. The third-order valence-corrected chi connectivity index (χ3v) is 3.98. The summed E-state index contributed by atoms with van der Waals surface area (Å²) >= 11 is 0. The topological polar surface area (TPSA) is 78.5 Å². The SMILES string of the molecule is CCNc1nc(NCC2(CC)CC2)c2cn[nH]c2n1. The lowest BCUT2D eigenvalue weighted by Crippen LogP contribution is -2.16. The first-order valence-corrected chi connectivity index (χ1v) is 6.95. The third-order valence-electron chi connectivity index (χ3n) is 3.98. The highest BCUT2D eigenvalue weighted by molar-refractivity contribution is 5.86. The molecule has 0 atom stereocenters. The van der Waals surface area contributed by atoms with Gasteiger partial charge < -0.3 is 10.6 Å². The highest BCUT2D eigenvalue weighted by Crippen LogP contribution is 2.48. The van der Waals surface area contributed by atoms with Gasteiger partial charge in [0.2, 0.25) is 5.95 Å². The van der Waals surface area contributed by atoms with Crippen molar-refractivity contribution in [3.8, 4) is 0 Å². The van der Waals surface area contributed by atoms with Crippen molar-refractivity contribution < 1.29 is 0 Å². The smallest absolute Gasteiger partial charge is 0.226 e. The van der Waals surface area contributed by atoms with Gasteiger partial charge >= 0.3 is 0 Å². The van der Waals surface area contributed by atoms with Crippen LogP contribution in [0.15, 0.2) is 6.20 Å². The summed E-state index contributed by atoms with van der Waals surface area (Å²) in [4.78, 5) is 8.92. The van der Waals surface area contributed by atoms with Gasteiger partial charge in [0.15, 0.2) is 5.65 Å². The number of anilines is 2. The lowest BCUT2D eigenvalue weighted by molar-refractivity contribution is 0.521. The molecule has 1 fully saturated rings. The molecule has 1 aliphatic carbocycles. The van der Waals surface area contributed by atoms with Gasteiger partial charge in [0, 0.05) is 13.1 Å². The number of nitrogens with one attached hydrogen (secondary N) is 3. The van der Waals surface area contributed by atoms with E-state index in [1.54, 1.807) is 6.20 Å². The minimum atomic E-state index is 0.485. The van der Waals surface area contributed by atoms with Crippen LogP contribution in [-0.2, 0) is 0 Å². The van der Waals surface area contributed by atoms with Gasteiger partial charge in [-0.3, -0.25) is 5.10 Å². The van der Waals surface area contributed by atoms with E-state index in [1.807, 2.05) is 6.92 Å². The summed E-state index contributed by atoms with van der Waals surface area (Å²) in [5.74, 6) is 1.51. The van der Waals surface area contributed by atoms with E-state index < -0.39 is 0 Å². The molecular formula is C13H20N6. The minimum Gasteiger partial charge on any atom is -0.369 e. The molecule has 2 aromatic rings. The minimum absolute atomic E-state index is 0.485. The Hall–Kier alpha value is -1.85. The van der Waals surface area contributed by atoms with Crippen LogP contribution in [0.3, 0.4) is 0 Å². The van der Waals surface area contributed by atoms with Crippen LogP contribution in [0.5, 0.6) is 0 Å². The van der Waals surface area contributed by atoms with Gasteiger partial charge in [-0.1, -0.05) is 6.92 Å². The zero-order valence-corrected chi connectivity index (χ0v) is 11.5. The molecule has 1 saturated carbocycles. The summed E-state index contributed by atoms with van der Waals surface area (Å²) in [6.07, 6.45) is 5.63. The molecule has 0 radical (unpaired) electrons. The molecule has 6 nitrogen and oxygen atoms in total. The maximum atomic E-state index is 4.53. The van der Waals surface area contributed by atoms with Gasteiger partial charge in [-0.25, -0.2) is 0 Å². The fourth-order valence-electron chi connectivity index (χ4n) is 2.31. The second-order valence-corrected chi connectivity index (χ2v) is 5.27. The molecule has 0 spiro atoms. The predicted octanol–water partition coefficient (Wildman–Crippen LogP) is 2.39. The number of rotatable bonds is 6. The molecule has 0 aliphatic heterocycles. The number of hydrogen-bond donors (Lipinski definition) is 3. The number of fused-ring (bicyclic) bond motifs is 1. The van der Waals surface area contributed by atoms with Gasteiger partial charge in [0.05, 0.1) is 11.6 Å². The van der Waals surface area contributed by atoms with Gasteiger partial charge in [-0.15, -0.1) is 0 Å². The molecule has 102 valence electrons. The fourth-order valence-corrected chi connectivity index (χ4v) is 2.31. The summed E-state index contributed by atoms with van der Waals surface area (Å²) in [7, 11) is 0. The Bertz CT molecular complexity index is 572. The third kappa shape index (κ3) is 2.34. The largest absolute Gasteiger partial charge is 0.369 e. The second-order valence-electron chi connectivity index (χ2n) is 5.27. The number of aromatic nitrogens is 4. The van der Waals surface area contributed by atoms with E-state index in [0.29, 0.717) is 11.4 Å². The summed E-state index contributed by atoms with van der Waals surface area (Å²) in [6, 6.07) is 0. The molecule has 0 bridgehead atoms. The van der Waals surface area contributed by atoms with E-state index in [-0.39, 0.29) is 0 Å². The van der Waals surface area contributed by atoms with Crippen LogP contribution in [-0.4, -0.2) is 33.3 Å². The molecule has 0 aromatic carbocycles. The summed E-state index contributed by atoms with van der Waals surface area (Å²) in [5, 5.41) is 14.5. The van der Waals surface area contributed by atoms with Crippen molar-refractivity contribution in [3.05, 3.63) is 6.20 Å². The quantitative estimate of drug-likeness (QED) is 0.743. The normalized spacial score (nSPS) is 16.5. The Morgan fingerprint density at radius 1 is 1.26 bits per heavy atom. The first-order chi connectivity index (χ1) is 9.26. The molecule has 2 heterocycles. The van der Waals surface area contributed by atoms with Gasteiger partial charge in [-0.05, 0) is 31.6 Å². The first kappa shape index (κ1) is 12.2. The Labute approximate surface area is 112 Å². The lowest BCUT2D eigenvalue weighted by atomic mass is 10.0. The van der Waals surface area contributed by atoms with Crippen LogP contribution in [0.4, 0.5) is 11.8 Å². The average molecular weight is 260 g/mol. The average Bonchev–Trinajstić information content (AvgIpc) is 3.05. The Morgan fingerprint density at radius 2 is 2.11 bits per heavy atom. The van der Waals surface area contributed by atoms with E-state index in [9.17, 15) is 0 Å². The number of H-pyrrole nitrogens is 1. The Kier molecular flexibility index (Phi) is 3.00. The fraction of sp³-hybridized carbons (Fsp3) is 0.615. The van der Waals surface area contributed by atoms with Crippen LogP contribution in [0.2, 0.25) is 0 Å². The maximum Gasteiger partial charge on any atom is 0.226 e. The molecular weight excluding hydrogens is 240 g/mol. The molecule has 0 amide bonds. The van der Waals surface area contributed by atoms with Crippen LogP contribution in [0.25, 0.3) is 11.0 Å². The van der Waals surface area contributed by atoms with E-state index >= 15 is 0 Å². The molecule has 6 heteroatoms. The standard InChI is InChI=1S/C13H20N6/c1-3-13(5-6-13)8-15-10-9-7-16-19-11(9)18-12(17-10)14-4-2/h7H,3-6,8H2,1-2H3,(H3,14,15,16,17,18,19). The second kappa shape index (κ2) is 4.68. The highest BCUT2D eigenvalue weighted by atomic mass is 15.2. The van der Waals surface area contributed by atoms with Gasteiger partial charge in [-0.2, -0.15) is 15.1 Å². The zero-order valence-electron chi connectivity index (χ0n) is 11.5. The van der Waals surface area contributed by atoms with Crippen molar-refractivity contribution in [3.63, 3.8) is 0 Å². The van der Waals surface area contributed by atoms with Crippen molar-refractivity contribution in [2.75, 3.05) is 23.7 Å². The summed E-state index contributed by atoms with van der Waals surface area (Å²) in [6.45, 7) is 6.07. The van der Waals surface area contributed by atoms with E-state index in [0.717, 1.165) is 29.9 Å². The lowest BCUT2D eigenvalue weighted by Gasteiger charge is -2.14. The summed E-state index contributed by atoms with van der Waals surface area (Å²) < 4.78 is 0. The van der Waals surface area contributed by atoms with Crippen LogP contribution >= 0.6 is 0 Å². The van der Waals surface area contributed by atoms with Crippen molar-refractivity contribution in [1.29, 1.82) is 0 Å². The van der Waals surface area contributed by atoms with Crippen molar-refractivity contribution in [2.45, 2.75) is 33.1 Å². The van der Waals surface area contributed by atoms with E-state index in [4.69, 9.17) is 0 Å². The number of nitrogens with zero attached hydrogens (tertiary/aromatic N) is 3. The number of aromatic amines is 1. The van der Waals surface area contributed by atoms with Gasteiger partial charge in [0.25, 0.3) is 0 Å². The van der Waals surface area contributed by atoms with Crippen LogP contribution in [0, 0.1) is 5.41 Å². The predicted molar refractivity (Wildman–Crippen MR) is 76.3 cm³/mol. The molecule has 0 unspecified atom stereocenters. The van der Waals surface area contributed by atoms with E-state index in [1.165, 1.54) is 19.3 Å². The van der Waals surface area contributed by atoms with Crippen molar-refractivity contribution in [2.24, 2.45) is 5.41 Å². The van der Waals surface area contributed by atoms with Gasteiger partial charge in [0.1, 0.15) is 5.82 Å². The molecule has 3 rings (SSSR count). The Morgan fingerprint density at radius 3 is 2.79 bits per heavy atom. The highest BCUT2D eigenvalue weighted by Gasteiger charge is 2.40. The Balaban J connectivity index is 1.85. The summed E-state index contributed by atoms with van der Waals surface area (Å²) in [5.41, 5.74) is 1.26. The number of hydrogen-bond acceptors (Lipinski definition) is 5. The van der Waals surface area contributed by atoms with Crippen molar-refractivity contribution in [1.82, 2.24) is 20.2 Å². The monoisotopic (exact) mass is 260 g/mol. The molecule has 1 aliphatic rings. The maximum absolute atomic E-state index is 4.53.